The van der Waals surface area contributed by atoms with Crippen molar-refractivity contribution in [3.05, 3.63) is 34.9 Å². The molecule has 118 valence electrons. The quantitative estimate of drug-likeness (QED) is 0.858. The molecule has 0 spiro atoms. The van der Waals surface area contributed by atoms with Crippen LogP contribution in [0.2, 0.25) is 0 Å². The molecule has 1 aliphatic rings. The predicted molar refractivity (Wildman–Crippen MR) is 86.3 cm³/mol. The summed E-state index contributed by atoms with van der Waals surface area (Å²) in [5.41, 5.74) is 3.41. The maximum Gasteiger partial charge on any atom is 0.282 e. The van der Waals surface area contributed by atoms with Crippen LogP contribution in [0.4, 0.5) is 0 Å². The maximum atomic E-state index is 12.7. The van der Waals surface area contributed by atoms with Crippen LogP contribution in [0.3, 0.4) is 0 Å². The van der Waals surface area contributed by atoms with Crippen molar-refractivity contribution in [2.75, 3.05) is 20.1 Å². The average Bonchev–Trinajstić information content (AvgIpc) is 2.41. The highest BCUT2D eigenvalue weighted by atomic mass is 32.2. The standard InChI is InChI=1S/C16H26N2O2S/c1-13-7-8-16(15(3)10-13)12-17(4)21(19,20)18-9-5-6-14(2)11-18/h7-8,10,14H,5-6,9,11-12H2,1-4H3/t14-/m1/s1. The second-order valence-corrected chi connectivity index (χ2v) is 8.33. The van der Waals surface area contributed by atoms with Gasteiger partial charge < -0.3 is 0 Å². The van der Waals surface area contributed by atoms with Crippen LogP contribution in [0.5, 0.6) is 0 Å². The Balaban J connectivity index is 2.12. The van der Waals surface area contributed by atoms with Gasteiger partial charge in [0.15, 0.2) is 0 Å². The largest absolute Gasteiger partial charge is 0.282 e. The van der Waals surface area contributed by atoms with Gasteiger partial charge in [-0.2, -0.15) is 17.0 Å². The molecule has 0 unspecified atom stereocenters. The first-order chi connectivity index (χ1) is 9.80. The number of benzene rings is 1. The molecule has 1 fully saturated rings. The molecule has 0 aliphatic carbocycles. The fourth-order valence-electron chi connectivity index (χ4n) is 2.90. The van der Waals surface area contributed by atoms with Gasteiger partial charge in [-0.3, -0.25) is 0 Å². The highest BCUT2D eigenvalue weighted by molar-refractivity contribution is 7.86. The molecule has 1 heterocycles. The number of rotatable bonds is 4. The summed E-state index contributed by atoms with van der Waals surface area (Å²) in [6.45, 7) is 7.91. The van der Waals surface area contributed by atoms with E-state index in [0.717, 1.165) is 24.0 Å². The molecule has 0 aromatic heterocycles. The van der Waals surface area contributed by atoms with Gasteiger partial charge in [0.2, 0.25) is 0 Å². The zero-order valence-corrected chi connectivity index (χ0v) is 14.3. The van der Waals surface area contributed by atoms with Crippen LogP contribution < -0.4 is 0 Å². The summed E-state index contributed by atoms with van der Waals surface area (Å²) in [6, 6.07) is 6.15. The van der Waals surface area contributed by atoms with Gasteiger partial charge in [-0.25, -0.2) is 0 Å². The summed E-state index contributed by atoms with van der Waals surface area (Å²) in [6.07, 6.45) is 2.07. The van der Waals surface area contributed by atoms with Crippen molar-refractivity contribution in [3.63, 3.8) is 0 Å². The van der Waals surface area contributed by atoms with E-state index in [2.05, 4.69) is 13.0 Å². The highest BCUT2D eigenvalue weighted by Crippen LogP contribution is 2.21. The van der Waals surface area contributed by atoms with E-state index in [1.165, 1.54) is 9.87 Å². The number of hydrogen-bond donors (Lipinski definition) is 0. The molecule has 1 saturated heterocycles. The van der Waals surface area contributed by atoms with Crippen LogP contribution in [0.25, 0.3) is 0 Å². The Kier molecular flexibility index (Phi) is 5.07. The van der Waals surface area contributed by atoms with Crippen LogP contribution in [0.15, 0.2) is 18.2 Å². The Labute approximate surface area is 128 Å². The first-order valence-corrected chi connectivity index (χ1v) is 8.98. The predicted octanol–water partition coefficient (Wildman–Crippen LogP) is 2.71. The van der Waals surface area contributed by atoms with E-state index in [1.54, 1.807) is 11.4 Å². The van der Waals surface area contributed by atoms with Crippen molar-refractivity contribution in [1.82, 2.24) is 8.61 Å². The third-order valence-corrected chi connectivity index (χ3v) is 6.13. The first-order valence-electron chi connectivity index (χ1n) is 7.58. The van der Waals surface area contributed by atoms with Crippen LogP contribution >= 0.6 is 0 Å². The third kappa shape index (κ3) is 3.84. The third-order valence-electron chi connectivity index (χ3n) is 4.23. The molecule has 1 atom stereocenters. The van der Waals surface area contributed by atoms with Gasteiger partial charge in [0.25, 0.3) is 10.2 Å². The molecule has 5 heteroatoms. The molecule has 4 nitrogen and oxygen atoms in total. The minimum Gasteiger partial charge on any atom is -0.195 e. The summed E-state index contributed by atoms with van der Waals surface area (Å²) in [7, 11) is -1.68. The molecule has 21 heavy (non-hydrogen) atoms. The Morgan fingerprint density at radius 2 is 2.05 bits per heavy atom. The molecule has 1 aromatic carbocycles. The molecular formula is C16H26N2O2S. The number of aryl methyl sites for hydroxylation is 2. The molecular weight excluding hydrogens is 284 g/mol. The van der Waals surface area contributed by atoms with Gasteiger partial charge in [0.05, 0.1) is 0 Å². The fourth-order valence-corrected chi connectivity index (χ4v) is 4.40. The molecule has 0 N–H and O–H groups in total. The van der Waals surface area contributed by atoms with E-state index in [9.17, 15) is 8.42 Å². The molecule has 0 saturated carbocycles. The summed E-state index contributed by atoms with van der Waals surface area (Å²) in [5, 5.41) is 0. The summed E-state index contributed by atoms with van der Waals surface area (Å²) < 4.78 is 28.4. The fraction of sp³-hybridized carbons (Fsp3) is 0.625. The summed E-state index contributed by atoms with van der Waals surface area (Å²) in [4.78, 5) is 0. The summed E-state index contributed by atoms with van der Waals surface area (Å²) in [5.74, 6) is 0.447. The Hall–Kier alpha value is -0.910. The van der Waals surface area contributed by atoms with E-state index >= 15 is 0 Å². The molecule has 2 rings (SSSR count). The zero-order valence-electron chi connectivity index (χ0n) is 13.5. The van der Waals surface area contributed by atoms with E-state index < -0.39 is 10.2 Å². The molecule has 0 bridgehead atoms. The van der Waals surface area contributed by atoms with Crippen molar-refractivity contribution in [3.8, 4) is 0 Å². The van der Waals surface area contributed by atoms with Crippen LogP contribution in [0.1, 0.15) is 36.5 Å². The van der Waals surface area contributed by atoms with Crippen LogP contribution in [0, 0.1) is 19.8 Å². The second-order valence-electron chi connectivity index (χ2n) is 6.30. The van der Waals surface area contributed by atoms with Gasteiger partial charge in [-0.15, -0.1) is 0 Å². The van der Waals surface area contributed by atoms with E-state index in [4.69, 9.17) is 0 Å². The topological polar surface area (TPSA) is 40.6 Å². The van der Waals surface area contributed by atoms with E-state index in [1.807, 2.05) is 26.0 Å². The molecule has 0 amide bonds. The highest BCUT2D eigenvalue weighted by Gasteiger charge is 2.30. The lowest BCUT2D eigenvalue weighted by Gasteiger charge is -2.33. The lowest BCUT2D eigenvalue weighted by molar-refractivity contribution is 0.263. The van der Waals surface area contributed by atoms with Gasteiger partial charge in [-0.1, -0.05) is 30.7 Å². The Bertz CT molecular complexity index is 598. The monoisotopic (exact) mass is 310 g/mol. The van der Waals surface area contributed by atoms with Crippen molar-refractivity contribution in [2.45, 2.75) is 40.2 Å². The van der Waals surface area contributed by atoms with E-state index in [-0.39, 0.29) is 0 Å². The Morgan fingerprint density at radius 3 is 2.67 bits per heavy atom. The lowest BCUT2D eigenvalue weighted by Crippen LogP contribution is -2.46. The second kappa shape index (κ2) is 6.46. The number of hydrogen-bond acceptors (Lipinski definition) is 2. The summed E-state index contributed by atoms with van der Waals surface area (Å²) >= 11 is 0. The van der Waals surface area contributed by atoms with Crippen molar-refractivity contribution in [1.29, 1.82) is 0 Å². The van der Waals surface area contributed by atoms with E-state index in [0.29, 0.717) is 25.6 Å². The normalized spacial score (nSPS) is 20.9. The molecule has 1 aromatic rings. The maximum absolute atomic E-state index is 12.7. The molecule has 1 aliphatic heterocycles. The molecule has 0 radical (unpaired) electrons. The minimum absolute atomic E-state index is 0.430. The van der Waals surface area contributed by atoms with Gasteiger partial charge in [0, 0.05) is 26.7 Å². The Morgan fingerprint density at radius 1 is 1.33 bits per heavy atom. The van der Waals surface area contributed by atoms with Crippen molar-refractivity contribution >= 4 is 10.2 Å². The van der Waals surface area contributed by atoms with Crippen LogP contribution in [-0.4, -0.2) is 37.2 Å². The average molecular weight is 310 g/mol. The minimum atomic E-state index is -3.35. The number of piperidine rings is 1. The van der Waals surface area contributed by atoms with Gasteiger partial charge in [0.1, 0.15) is 0 Å². The van der Waals surface area contributed by atoms with Crippen LogP contribution in [-0.2, 0) is 16.8 Å². The van der Waals surface area contributed by atoms with Gasteiger partial charge >= 0.3 is 0 Å². The number of nitrogens with zero attached hydrogens (tertiary/aromatic N) is 2. The first kappa shape index (κ1) is 16.5. The van der Waals surface area contributed by atoms with Crippen molar-refractivity contribution < 1.29 is 8.42 Å². The smallest absolute Gasteiger partial charge is 0.195 e. The zero-order chi connectivity index (χ0) is 15.6. The lowest BCUT2D eigenvalue weighted by atomic mass is 10.0. The van der Waals surface area contributed by atoms with Gasteiger partial charge in [-0.05, 0) is 43.7 Å². The van der Waals surface area contributed by atoms with Crippen molar-refractivity contribution in [2.24, 2.45) is 5.92 Å². The SMILES string of the molecule is Cc1ccc(CN(C)S(=O)(=O)N2CCC[C@@H](C)C2)c(C)c1.